The normalized spacial score (nSPS) is 18.2. The first kappa shape index (κ1) is 20.5. The highest BCUT2D eigenvalue weighted by Crippen LogP contribution is 2.28. The van der Waals surface area contributed by atoms with E-state index in [1.807, 2.05) is 0 Å². The van der Waals surface area contributed by atoms with Gasteiger partial charge < -0.3 is 15.6 Å². The van der Waals surface area contributed by atoms with E-state index in [1.165, 1.54) is 18.6 Å². The minimum absolute atomic E-state index is 0.119. The maximum absolute atomic E-state index is 12.3. The second-order valence-electron chi connectivity index (χ2n) is 6.60. The van der Waals surface area contributed by atoms with Crippen LogP contribution in [0.5, 0.6) is 5.75 Å². The molecule has 0 radical (unpaired) electrons. The van der Waals surface area contributed by atoms with E-state index >= 15 is 0 Å². The summed E-state index contributed by atoms with van der Waals surface area (Å²) in [6, 6.07) is 3.70. The highest BCUT2D eigenvalue weighted by atomic mass is 19.4. The van der Waals surface area contributed by atoms with Crippen molar-refractivity contribution >= 4 is 11.6 Å². The Bertz CT molecular complexity index is 589. The summed E-state index contributed by atoms with van der Waals surface area (Å²) in [6.45, 7) is 0. The number of nitrogens with two attached hydrogens (primary N) is 2. The second-order valence-corrected chi connectivity index (χ2v) is 6.60. The molecule has 6 nitrogen and oxygen atoms in total. The molecule has 1 aliphatic rings. The van der Waals surface area contributed by atoms with Crippen LogP contribution in [0.3, 0.4) is 0 Å². The number of alkyl halides is 3. The van der Waals surface area contributed by atoms with Gasteiger partial charge in [-0.15, -0.1) is 13.2 Å². The summed E-state index contributed by atoms with van der Waals surface area (Å²) in [4.78, 5) is 12.3. The number of amides is 1. The van der Waals surface area contributed by atoms with Gasteiger partial charge in [0.25, 0.3) is 5.91 Å². The Morgan fingerprint density at radius 3 is 2.35 bits per heavy atom. The van der Waals surface area contributed by atoms with Crippen LogP contribution < -0.4 is 21.3 Å². The van der Waals surface area contributed by atoms with Crippen LogP contribution in [0.15, 0.2) is 24.3 Å². The summed E-state index contributed by atoms with van der Waals surface area (Å²) in [5, 5.41) is 10.9. The molecule has 1 amide bonds. The predicted molar refractivity (Wildman–Crippen MR) is 90.0 cm³/mol. The van der Waals surface area contributed by atoms with E-state index in [-0.39, 0.29) is 5.69 Å². The van der Waals surface area contributed by atoms with Crippen molar-refractivity contribution < 1.29 is 27.8 Å². The maximum Gasteiger partial charge on any atom is 0.573 e. The van der Waals surface area contributed by atoms with Crippen LogP contribution in [0, 0.1) is 5.92 Å². The Morgan fingerprint density at radius 2 is 1.81 bits per heavy atom. The smallest absolute Gasteiger partial charge is 0.406 e. The molecule has 9 heteroatoms. The third-order valence-electron chi connectivity index (χ3n) is 4.57. The Labute approximate surface area is 149 Å². The Hall–Kier alpha value is -1.84. The van der Waals surface area contributed by atoms with Crippen LogP contribution in [0.2, 0.25) is 0 Å². The van der Waals surface area contributed by atoms with Crippen LogP contribution >= 0.6 is 0 Å². The number of hydrogen-bond acceptors (Lipinski definition) is 5. The van der Waals surface area contributed by atoms with Gasteiger partial charge in [0.05, 0.1) is 5.69 Å². The first-order valence-electron chi connectivity index (χ1n) is 8.55. The van der Waals surface area contributed by atoms with Crippen molar-refractivity contribution in [3.63, 3.8) is 0 Å². The Morgan fingerprint density at radius 1 is 1.23 bits per heavy atom. The molecule has 1 fully saturated rings. The van der Waals surface area contributed by atoms with Crippen LogP contribution in [0.4, 0.5) is 18.9 Å². The third kappa shape index (κ3) is 5.86. The third-order valence-corrected chi connectivity index (χ3v) is 4.57. The van der Waals surface area contributed by atoms with Gasteiger partial charge in [-0.1, -0.05) is 32.1 Å². The quantitative estimate of drug-likeness (QED) is 0.403. The molecule has 0 saturated heterocycles. The van der Waals surface area contributed by atoms with Crippen molar-refractivity contribution in [3.8, 4) is 5.75 Å². The summed E-state index contributed by atoms with van der Waals surface area (Å²) >= 11 is 0. The number of carbonyl (C=O) groups is 1. The number of carbonyl (C=O) groups excluding carboxylic acids is 1. The number of benzene rings is 1. The van der Waals surface area contributed by atoms with E-state index in [2.05, 4.69) is 4.74 Å². The van der Waals surface area contributed by atoms with Crippen LogP contribution in [-0.4, -0.2) is 29.5 Å². The molecule has 1 aromatic carbocycles. The molecule has 26 heavy (non-hydrogen) atoms. The standard InChI is InChI=1S/C17H24F3N3O3/c18-17(19,20)26-13-8-6-12(7-9-13)23(22)16(25)15(24)14(21)10-11-4-2-1-3-5-11/h6-9,11,14-15,24H,1-5,10,21-22H2/t14-,15?/m1/s1. The zero-order valence-corrected chi connectivity index (χ0v) is 14.3. The topological polar surface area (TPSA) is 102 Å². The SMILES string of the molecule is N[C@H](CC1CCCCC1)C(O)C(=O)N(N)c1ccc(OC(F)(F)F)cc1. The van der Waals surface area contributed by atoms with E-state index < -0.39 is 30.2 Å². The molecule has 2 atom stereocenters. The van der Waals surface area contributed by atoms with Gasteiger partial charge in [-0.05, 0) is 36.6 Å². The molecule has 0 bridgehead atoms. The van der Waals surface area contributed by atoms with E-state index in [0.29, 0.717) is 17.3 Å². The van der Waals surface area contributed by atoms with Gasteiger partial charge >= 0.3 is 6.36 Å². The first-order valence-corrected chi connectivity index (χ1v) is 8.55. The fraction of sp³-hybridized carbons (Fsp3) is 0.588. The van der Waals surface area contributed by atoms with Crippen LogP contribution in [0.25, 0.3) is 0 Å². The fourth-order valence-electron chi connectivity index (χ4n) is 3.20. The summed E-state index contributed by atoms with van der Waals surface area (Å²) in [5.41, 5.74) is 6.08. The number of aliphatic hydroxyl groups excluding tert-OH is 1. The molecular formula is C17H24F3N3O3. The molecule has 0 aliphatic heterocycles. The van der Waals surface area contributed by atoms with Crippen LogP contribution in [-0.2, 0) is 4.79 Å². The molecule has 0 aromatic heterocycles. The number of halogens is 3. The lowest BCUT2D eigenvalue weighted by Gasteiger charge is -2.28. The fourth-order valence-corrected chi connectivity index (χ4v) is 3.20. The van der Waals surface area contributed by atoms with Crippen molar-refractivity contribution in [2.24, 2.45) is 17.5 Å². The average molecular weight is 375 g/mol. The summed E-state index contributed by atoms with van der Waals surface area (Å²) < 4.78 is 40.2. The monoisotopic (exact) mass is 375 g/mol. The zero-order chi connectivity index (χ0) is 19.3. The minimum atomic E-state index is -4.80. The summed E-state index contributed by atoms with van der Waals surface area (Å²) in [6.07, 6.45) is -0.261. The number of nitrogens with zero attached hydrogens (tertiary/aromatic N) is 1. The van der Waals surface area contributed by atoms with Crippen molar-refractivity contribution in [1.82, 2.24) is 0 Å². The lowest BCUT2D eigenvalue weighted by atomic mass is 9.84. The number of anilines is 1. The number of aliphatic hydroxyl groups is 1. The van der Waals surface area contributed by atoms with Gasteiger partial charge in [-0.25, -0.2) is 10.9 Å². The minimum Gasteiger partial charge on any atom is -0.406 e. The molecular weight excluding hydrogens is 351 g/mol. The van der Waals surface area contributed by atoms with E-state index in [9.17, 15) is 23.1 Å². The van der Waals surface area contributed by atoms with Gasteiger partial charge in [-0.3, -0.25) is 4.79 Å². The molecule has 5 N–H and O–H groups in total. The number of hydrazine groups is 1. The summed E-state index contributed by atoms with van der Waals surface area (Å²) in [7, 11) is 0. The largest absolute Gasteiger partial charge is 0.573 e. The molecule has 0 heterocycles. The van der Waals surface area contributed by atoms with Gasteiger partial charge in [0.2, 0.25) is 0 Å². The van der Waals surface area contributed by atoms with Gasteiger partial charge in [0.15, 0.2) is 0 Å². The number of rotatable bonds is 6. The molecule has 1 unspecified atom stereocenters. The Balaban J connectivity index is 1.94. The second kappa shape index (κ2) is 8.70. The highest BCUT2D eigenvalue weighted by Gasteiger charge is 2.32. The van der Waals surface area contributed by atoms with Crippen molar-refractivity contribution in [3.05, 3.63) is 24.3 Å². The lowest BCUT2D eigenvalue weighted by molar-refractivity contribution is -0.274. The van der Waals surface area contributed by atoms with E-state index in [4.69, 9.17) is 11.6 Å². The highest BCUT2D eigenvalue weighted by molar-refractivity contribution is 5.95. The predicted octanol–water partition coefficient (Wildman–Crippen LogP) is 2.45. The molecule has 1 saturated carbocycles. The molecule has 1 aliphatic carbocycles. The maximum atomic E-state index is 12.3. The molecule has 1 aromatic rings. The molecule has 146 valence electrons. The van der Waals surface area contributed by atoms with Gasteiger partial charge in [0, 0.05) is 6.04 Å². The lowest BCUT2D eigenvalue weighted by Crippen LogP contribution is -2.51. The Kier molecular flexibility index (Phi) is 6.85. The van der Waals surface area contributed by atoms with Crippen LogP contribution in [0.1, 0.15) is 38.5 Å². The summed E-state index contributed by atoms with van der Waals surface area (Å²) in [5.74, 6) is 4.83. The average Bonchev–Trinajstić information content (AvgIpc) is 2.60. The molecule has 0 spiro atoms. The van der Waals surface area contributed by atoms with Gasteiger partial charge in [-0.2, -0.15) is 0 Å². The zero-order valence-electron chi connectivity index (χ0n) is 14.3. The molecule has 2 rings (SSSR count). The van der Waals surface area contributed by atoms with Crippen molar-refractivity contribution in [1.29, 1.82) is 0 Å². The number of ether oxygens (including phenoxy) is 1. The van der Waals surface area contributed by atoms with E-state index in [0.717, 1.165) is 37.8 Å². The van der Waals surface area contributed by atoms with Crippen molar-refractivity contribution in [2.45, 2.75) is 57.0 Å². The number of hydrogen-bond donors (Lipinski definition) is 3. The van der Waals surface area contributed by atoms with E-state index in [1.54, 1.807) is 0 Å². The van der Waals surface area contributed by atoms with Crippen molar-refractivity contribution in [2.75, 3.05) is 5.01 Å². The first-order chi connectivity index (χ1) is 12.2. The van der Waals surface area contributed by atoms with Gasteiger partial charge in [0.1, 0.15) is 11.9 Å².